The Morgan fingerprint density at radius 2 is 0.783 bits per heavy atom. The topological polar surface area (TPSA) is 16.4 Å². The zero-order valence-corrected chi connectivity index (χ0v) is 37.7. The second-order valence-electron chi connectivity index (χ2n) is 18.3. The van der Waals surface area contributed by atoms with E-state index in [4.69, 9.17) is 4.42 Å². The third-order valence-electron chi connectivity index (χ3n) is 14.8. The molecule has 1 spiro atoms. The Labute approximate surface area is 401 Å². The average Bonchev–Trinajstić information content (AvgIpc) is 4.06. The number of rotatable bonds is 6. The number of hydrogen-bond acceptors (Lipinski definition) is 2. The molecule has 2 aliphatic carbocycles. The van der Waals surface area contributed by atoms with E-state index < -0.39 is 5.41 Å². The van der Waals surface area contributed by atoms with E-state index in [0.29, 0.717) is 0 Å². The quantitative estimate of drug-likeness (QED) is 0.155. The highest BCUT2D eigenvalue weighted by Crippen LogP contribution is 2.64. The van der Waals surface area contributed by atoms with Gasteiger partial charge in [-0.25, -0.2) is 0 Å². The Kier molecular flexibility index (Phi) is 8.84. The molecule has 1 unspecified atom stereocenters. The minimum atomic E-state index is -0.692. The zero-order chi connectivity index (χ0) is 45.5. The molecular weight excluding hydrogens is 835 g/mol. The molecule has 0 saturated heterocycles. The first-order valence-electron chi connectivity index (χ1n) is 23.8. The number of furan rings is 1. The normalized spacial score (nSPS) is 14.1. The van der Waals surface area contributed by atoms with E-state index in [1.54, 1.807) is 6.26 Å². The molecule has 14 rings (SSSR count). The highest BCUT2D eigenvalue weighted by atomic mass is 16.3. The second kappa shape index (κ2) is 15.6. The van der Waals surface area contributed by atoms with E-state index in [1.165, 1.54) is 88.3 Å². The van der Waals surface area contributed by atoms with Crippen LogP contribution in [0.15, 0.2) is 265 Å². The predicted molar refractivity (Wildman–Crippen MR) is 286 cm³/mol. The highest BCUT2D eigenvalue weighted by Gasteiger charge is 2.51. The Morgan fingerprint density at radius 1 is 0.290 bits per heavy atom. The second-order valence-corrected chi connectivity index (χ2v) is 18.3. The van der Waals surface area contributed by atoms with Crippen LogP contribution in [0.25, 0.3) is 88.5 Å². The van der Waals surface area contributed by atoms with E-state index in [9.17, 15) is 0 Å². The molecule has 1 heterocycles. The summed E-state index contributed by atoms with van der Waals surface area (Å²) in [6, 6.07) is 94.1. The first-order valence-corrected chi connectivity index (χ1v) is 23.8. The molecule has 11 aromatic carbocycles. The minimum Gasteiger partial charge on any atom is -0.464 e. The van der Waals surface area contributed by atoms with Crippen molar-refractivity contribution in [3.8, 4) is 67.0 Å². The highest BCUT2D eigenvalue weighted by molar-refractivity contribution is 6.20. The van der Waals surface area contributed by atoms with Gasteiger partial charge in [0.05, 0.1) is 11.7 Å². The molecule has 0 saturated carbocycles. The Morgan fingerprint density at radius 3 is 1.46 bits per heavy atom. The fourth-order valence-electron chi connectivity index (χ4n) is 11.9. The van der Waals surface area contributed by atoms with Crippen molar-refractivity contribution in [2.24, 2.45) is 0 Å². The van der Waals surface area contributed by atoms with E-state index >= 15 is 0 Å². The van der Waals surface area contributed by atoms with Crippen molar-refractivity contribution in [2.45, 2.75) is 5.41 Å². The molecule has 0 bridgehead atoms. The summed E-state index contributed by atoms with van der Waals surface area (Å²) in [5.74, 6) is 0.860. The van der Waals surface area contributed by atoms with E-state index in [1.807, 2.05) is 12.1 Å². The van der Waals surface area contributed by atoms with Gasteiger partial charge in [-0.05, 0) is 154 Å². The van der Waals surface area contributed by atoms with Crippen LogP contribution in [0.4, 0.5) is 17.1 Å². The summed E-state index contributed by atoms with van der Waals surface area (Å²) < 4.78 is 5.79. The molecule has 1 aromatic heterocycles. The maximum atomic E-state index is 5.79. The summed E-state index contributed by atoms with van der Waals surface area (Å²) in [5.41, 5.74) is 21.0. The SMILES string of the molecule is c1ccc(-c2ccc(N(c3ccc(-c4cccc(-c5ccco5)c4)cc3)c3ccc4c(c3)C3(c5ccccc5-c5ccccc5-4)c4ccccc4-c4c3c3ccccc3c3ccccc43)cc2)cc1. The first kappa shape index (κ1) is 39.2. The zero-order valence-electron chi connectivity index (χ0n) is 37.7. The maximum absolute atomic E-state index is 5.79. The van der Waals surface area contributed by atoms with E-state index in [2.05, 4.69) is 248 Å². The number of nitrogens with zero attached hydrogens (tertiary/aromatic N) is 1. The van der Waals surface area contributed by atoms with Crippen LogP contribution >= 0.6 is 0 Å². The third-order valence-corrected chi connectivity index (χ3v) is 14.8. The fourth-order valence-corrected chi connectivity index (χ4v) is 11.9. The summed E-state index contributed by atoms with van der Waals surface area (Å²) in [6.07, 6.45) is 1.73. The first-order chi connectivity index (χ1) is 34.2. The van der Waals surface area contributed by atoms with E-state index in [0.717, 1.165) is 39.5 Å². The molecule has 0 amide bonds. The van der Waals surface area contributed by atoms with Crippen molar-refractivity contribution in [2.75, 3.05) is 4.90 Å². The van der Waals surface area contributed by atoms with Gasteiger partial charge in [-0.1, -0.05) is 200 Å². The van der Waals surface area contributed by atoms with Crippen LogP contribution in [0.5, 0.6) is 0 Å². The number of fused-ring (bicyclic) bond motifs is 17. The van der Waals surface area contributed by atoms with E-state index in [-0.39, 0.29) is 0 Å². The van der Waals surface area contributed by atoms with Crippen LogP contribution in [0.3, 0.4) is 0 Å². The minimum absolute atomic E-state index is 0.692. The number of benzene rings is 11. The average molecular weight is 878 g/mol. The van der Waals surface area contributed by atoms with Crippen molar-refractivity contribution in [1.29, 1.82) is 0 Å². The standard InChI is InChI=1S/C67H43NO/c1-2-16-44(17-3-1)45-31-35-49(36-32-45)68(50-37-33-46(34-38-50)47-18-14-19-48(42-47)64-30-15-41-69-64)51-39-40-57-53-21-5-4-20-52(53)56-24-10-12-28-61(56)67(63(57)43-51)62-29-13-11-27-60(62)65-58-25-8-6-22-54(58)55-23-7-9-26-59(55)66(65)67/h1-43H. The molecule has 322 valence electrons. The lowest BCUT2D eigenvalue weighted by atomic mass is 9.64. The fraction of sp³-hybridized carbons (Fsp3) is 0.0149. The number of anilines is 3. The molecule has 0 fully saturated rings. The Balaban J connectivity index is 1.05. The molecule has 0 aliphatic heterocycles. The van der Waals surface area contributed by atoms with Crippen molar-refractivity contribution < 1.29 is 4.42 Å². The molecule has 12 aromatic rings. The molecule has 0 N–H and O–H groups in total. The molecule has 2 heteroatoms. The molecule has 1 atom stereocenters. The van der Waals surface area contributed by atoms with Crippen LogP contribution in [-0.4, -0.2) is 0 Å². The molecule has 2 nitrogen and oxygen atoms in total. The van der Waals surface area contributed by atoms with Crippen molar-refractivity contribution in [1.82, 2.24) is 0 Å². The van der Waals surface area contributed by atoms with Gasteiger partial charge in [0.25, 0.3) is 0 Å². The van der Waals surface area contributed by atoms with Gasteiger partial charge in [-0.2, -0.15) is 0 Å². The summed E-state index contributed by atoms with van der Waals surface area (Å²) >= 11 is 0. The summed E-state index contributed by atoms with van der Waals surface area (Å²) in [7, 11) is 0. The third kappa shape index (κ3) is 5.92. The van der Waals surface area contributed by atoms with Crippen molar-refractivity contribution in [3.05, 3.63) is 283 Å². The summed E-state index contributed by atoms with van der Waals surface area (Å²) in [6.45, 7) is 0. The summed E-state index contributed by atoms with van der Waals surface area (Å²) in [5, 5.41) is 5.10. The molecule has 69 heavy (non-hydrogen) atoms. The lowest BCUT2D eigenvalue weighted by Gasteiger charge is -2.37. The van der Waals surface area contributed by atoms with Gasteiger partial charge in [0.15, 0.2) is 0 Å². The largest absolute Gasteiger partial charge is 0.464 e. The van der Waals surface area contributed by atoms with Gasteiger partial charge in [0.1, 0.15) is 5.76 Å². The van der Waals surface area contributed by atoms with Crippen molar-refractivity contribution in [3.63, 3.8) is 0 Å². The Bertz CT molecular complexity index is 3940. The van der Waals surface area contributed by atoms with Crippen LogP contribution in [0, 0.1) is 0 Å². The number of hydrogen-bond donors (Lipinski definition) is 0. The molecular formula is C67H43NO. The molecule has 2 aliphatic rings. The van der Waals surface area contributed by atoms with Crippen LogP contribution in [0.2, 0.25) is 0 Å². The maximum Gasteiger partial charge on any atom is 0.133 e. The van der Waals surface area contributed by atoms with Gasteiger partial charge in [0.2, 0.25) is 0 Å². The Hall–Kier alpha value is -8.98. The van der Waals surface area contributed by atoms with Gasteiger partial charge >= 0.3 is 0 Å². The monoisotopic (exact) mass is 877 g/mol. The van der Waals surface area contributed by atoms with Crippen molar-refractivity contribution >= 4 is 38.6 Å². The lowest BCUT2D eigenvalue weighted by molar-refractivity contribution is 0.582. The van der Waals surface area contributed by atoms with Crippen LogP contribution < -0.4 is 4.90 Å². The van der Waals surface area contributed by atoms with Gasteiger partial charge < -0.3 is 9.32 Å². The van der Waals surface area contributed by atoms with Gasteiger partial charge in [0, 0.05) is 22.6 Å². The predicted octanol–water partition coefficient (Wildman–Crippen LogP) is 18.1. The smallest absolute Gasteiger partial charge is 0.133 e. The lowest BCUT2D eigenvalue weighted by Crippen LogP contribution is -2.30. The van der Waals surface area contributed by atoms with Crippen LogP contribution in [0.1, 0.15) is 22.3 Å². The van der Waals surface area contributed by atoms with Gasteiger partial charge in [-0.15, -0.1) is 0 Å². The molecule has 0 radical (unpaired) electrons. The van der Waals surface area contributed by atoms with Crippen LogP contribution in [-0.2, 0) is 5.41 Å². The van der Waals surface area contributed by atoms with Gasteiger partial charge in [-0.3, -0.25) is 0 Å². The summed E-state index contributed by atoms with van der Waals surface area (Å²) in [4.78, 5) is 2.44.